The number of hydrogen-bond acceptors (Lipinski definition) is 6. The molecule has 1 aromatic heterocycles. The van der Waals surface area contributed by atoms with Crippen molar-refractivity contribution in [2.45, 2.75) is 38.8 Å². The number of imidazole rings is 1. The Bertz CT molecular complexity index is 560. The summed E-state index contributed by atoms with van der Waals surface area (Å²) in [6.07, 6.45) is 0.342. The highest BCUT2D eigenvalue weighted by Gasteiger charge is 2.26. The van der Waals surface area contributed by atoms with Gasteiger partial charge in [-0.1, -0.05) is 0 Å². The zero-order valence-electron chi connectivity index (χ0n) is 12.8. The van der Waals surface area contributed by atoms with Crippen LogP contribution in [0.3, 0.4) is 0 Å². The van der Waals surface area contributed by atoms with Crippen molar-refractivity contribution in [2.24, 2.45) is 0 Å². The topological polar surface area (TPSA) is 120 Å². The molecule has 1 aromatic rings. The average molecular weight is 313 g/mol. The van der Waals surface area contributed by atoms with Gasteiger partial charge in [0.2, 0.25) is 0 Å². The number of carbonyl (C=O) groups excluding carboxylic acids is 2. The van der Waals surface area contributed by atoms with Crippen molar-refractivity contribution in [1.29, 1.82) is 0 Å². The maximum absolute atomic E-state index is 11.7. The first kappa shape index (κ1) is 17.5. The highest BCUT2D eigenvalue weighted by atomic mass is 16.6. The molecule has 22 heavy (non-hydrogen) atoms. The summed E-state index contributed by atoms with van der Waals surface area (Å²) in [4.78, 5) is 38.1. The second kappa shape index (κ2) is 6.92. The van der Waals surface area contributed by atoms with Gasteiger partial charge in [0.1, 0.15) is 18.0 Å². The standard InChI is InChI=1S/C13H19N3O6/c1-13(2,3)22-11(18)15-9(10(17)21-4)5-8-6-16(7-14-8)12(19)20/h6-7,9H,5H2,1-4H3,(H,15,18)(H,19,20)/t9-/m0/s1. The molecule has 2 N–H and O–H groups in total. The Hall–Kier alpha value is -2.58. The van der Waals surface area contributed by atoms with Gasteiger partial charge < -0.3 is 19.9 Å². The fourth-order valence-corrected chi connectivity index (χ4v) is 1.57. The SMILES string of the molecule is COC(=O)[C@H](Cc1cn(C(=O)O)cn1)NC(=O)OC(C)(C)C. The van der Waals surface area contributed by atoms with Crippen molar-refractivity contribution >= 4 is 18.2 Å². The third-order valence-electron chi connectivity index (χ3n) is 2.45. The van der Waals surface area contributed by atoms with Crippen LogP contribution in [-0.4, -0.2) is 51.6 Å². The van der Waals surface area contributed by atoms with Gasteiger partial charge in [0.15, 0.2) is 0 Å². The van der Waals surface area contributed by atoms with Crippen molar-refractivity contribution in [3.63, 3.8) is 0 Å². The lowest BCUT2D eigenvalue weighted by atomic mass is 10.1. The molecule has 0 radical (unpaired) electrons. The van der Waals surface area contributed by atoms with Gasteiger partial charge in [-0.25, -0.2) is 23.9 Å². The lowest BCUT2D eigenvalue weighted by Gasteiger charge is -2.22. The Kier molecular flexibility index (Phi) is 5.50. The van der Waals surface area contributed by atoms with Gasteiger partial charge in [0.05, 0.1) is 12.8 Å². The van der Waals surface area contributed by atoms with Crippen LogP contribution in [0.1, 0.15) is 26.5 Å². The van der Waals surface area contributed by atoms with E-state index in [0.29, 0.717) is 5.69 Å². The van der Waals surface area contributed by atoms with Crippen LogP contribution in [0.25, 0.3) is 0 Å². The number of hydrogen-bond donors (Lipinski definition) is 2. The smallest absolute Gasteiger partial charge is 0.416 e. The molecule has 1 heterocycles. The fraction of sp³-hybridized carbons (Fsp3) is 0.538. The minimum atomic E-state index is -1.20. The van der Waals surface area contributed by atoms with Crippen LogP contribution in [0, 0.1) is 0 Å². The van der Waals surface area contributed by atoms with Crippen molar-refractivity contribution in [3.05, 3.63) is 18.2 Å². The number of aromatic nitrogens is 2. The molecule has 0 unspecified atom stereocenters. The zero-order chi connectivity index (χ0) is 16.9. The average Bonchev–Trinajstić information content (AvgIpc) is 2.83. The number of carbonyl (C=O) groups is 3. The van der Waals surface area contributed by atoms with Crippen molar-refractivity contribution in [2.75, 3.05) is 7.11 Å². The quantitative estimate of drug-likeness (QED) is 0.796. The van der Waals surface area contributed by atoms with Crippen LogP contribution < -0.4 is 5.32 Å². The molecule has 0 bridgehead atoms. The zero-order valence-corrected chi connectivity index (χ0v) is 12.8. The monoisotopic (exact) mass is 313 g/mol. The lowest BCUT2D eigenvalue weighted by molar-refractivity contribution is -0.143. The molecule has 1 amide bonds. The predicted molar refractivity (Wildman–Crippen MR) is 74.5 cm³/mol. The summed E-state index contributed by atoms with van der Waals surface area (Å²) in [5.74, 6) is -0.685. The normalized spacial score (nSPS) is 12.4. The number of nitrogens with zero attached hydrogens (tertiary/aromatic N) is 2. The van der Waals surface area contributed by atoms with Gasteiger partial charge in [0, 0.05) is 12.6 Å². The summed E-state index contributed by atoms with van der Waals surface area (Å²) in [7, 11) is 1.18. The molecule has 9 nitrogen and oxygen atoms in total. The van der Waals surface area contributed by atoms with Crippen molar-refractivity contribution in [3.8, 4) is 0 Å². The number of alkyl carbamates (subject to hydrolysis) is 1. The Labute approximate surface area is 127 Å². The first-order valence-electron chi connectivity index (χ1n) is 6.46. The number of esters is 1. The van der Waals surface area contributed by atoms with Crippen molar-refractivity contribution < 1.29 is 29.0 Å². The van der Waals surface area contributed by atoms with E-state index in [9.17, 15) is 14.4 Å². The minimum Gasteiger partial charge on any atom is -0.467 e. The Morgan fingerprint density at radius 3 is 2.50 bits per heavy atom. The van der Waals surface area contributed by atoms with Crippen LogP contribution in [0.15, 0.2) is 12.5 Å². The van der Waals surface area contributed by atoms with Crippen LogP contribution in [-0.2, 0) is 20.7 Å². The minimum absolute atomic E-state index is 0.0216. The van der Waals surface area contributed by atoms with Crippen LogP contribution >= 0.6 is 0 Å². The number of carboxylic acid groups (broad SMARTS) is 1. The van der Waals surface area contributed by atoms with Gasteiger partial charge in [0.25, 0.3) is 0 Å². The Morgan fingerprint density at radius 2 is 2.05 bits per heavy atom. The molecule has 122 valence electrons. The van der Waals surface area contributed by atoms with Gasteiger partial charge in [-0.2, -0.15) is 0 Å². The molecule has 0 aliphatic carbocycles. The highest BCUT2D eigenvalue weighted by molar-refractivity contribution is 5.81. The van der Waals surface area contributed by atoms with E-state index >= 15 is 0 Å². The summed E-state index contributed by atoms with van der Waals surface area (Å²) in [5.41, 5.74) is -0.399. The highest BCUT2D eigenvalue weighted by Crippen LogP contribution is 2.08. The maximum atomic E-state index is 11.7. The predicted octanol–water partition coefficient (Wildman–Crippen LogP) is 1.02. The molecule has 0 aliphatic rings. The van der Waals surface area contributed by atoms with E-state index in [-0.39, 0.29) is 6.42 Å². The van der Waals surface area contributed by atoms with Crippen LogP contribution in [0.2, 0.25) is 0 Å². The van der Waals surface area contributed by atoms with Gasteiger partial charge in [-0.3, -0.25) is 0 Å². The molecule has 0 aromatic carbocycles. The molecular weight excluding hydrogens is 294 g/mol. The Morgan fingerprint density at radius 1 is 1.41 bits per heavy atom. The maximum Gasteiger partial charge on any atom is 0.416 e. The first-order valence-corrected chi connectivity index (χ1v) is 6.46. The summed E-state index contributed by atoms with van der Waals surface area (Å²) in [6, 6.07) is -1.03. The third-order valence-corrected chi connectivity index (χ3v) is 2.45. The summed E-state index contributed by atoms with van der Waals surface area (Å²) in [6.45, 7) is 5.07. The largest absolute Gasteiger partial charge is 0.467 e. The molecule has 0 aliphatic heterocycles. The van der Waals surface area contributed by atoms with E-state index in [1.807, 2.05) is 0 Å². The van der Waals surface area contributed by atoms with Gasteiger partial charge >= 0.3 is 18.2 Å². The number of nitrogens with one attached hydrogen (secondary N) is 1. The molecule has 0 saturated carbocycles. The van der Waals surface area contributed by atoms with E-state index in [1.54, 1.807) is 20.8 Å². The molecular formula is C13H19N3O6. The summed E-state index contributed by atoms with van der Waals surface area (Å²) >= 11 is 0. The molecule has 0 saturated heterocycles. The van der Waals surface area contributed by atoms with Crippen molar-refractivity contribution in [1.82, 2.24) is 14.9 Å². The number of rotatable bonds is 4. The molecule has 0 spiro atoms. The van der Waals surface area contributed by atoms with Crippen LogP contribution in [0.5, 0.6) is 0 Å². The summed E-state index contributed by atoms with van der Waals surface area (Å²) < 4.78 is 10.5. The van der Waals surface area contributed by atoms with E-state index in [1.165, 1.54) is 13.3 Å². The van der Waals surface area contributed by atoms with E-state index < -0.39 is 29.8 Å². The summed E-state index contributed by atoms with van der Waals surface area (Å²) in [5, 5.41) is 11.2. The lowest BCUT2D eigenvalue weighted by Crippen LogP contribution is -2.45. The van der Waals surface area contributed by atoms with E-state index in [2.05, 4.69) is 15.0 Å². The van der Waals surface area contributed by atoms with Gasteiger partial charge in [-0.05, 0) is 20.8 Å². The Balaban J connectivity index is 2.78. The number of amides is 1. The van der Waals surface area contributed by atoms with Gasteiger partial charge in [-0.15, -0.1) is 0 Å². The first-order chi connectivity index (χ1) is 10.1. The number of ether oxygens (including phenoxy) is 2. The molecule has 0 fully saturated rings. The third kappa shape index (κ3) is 5.43. The van der Waals surface area contributed by atoms with Crippen LogP contribution in [0.4, 0.5) is 9.59 Å². The molecule has 9 heteroatoms. The number of methoxy groups -OCH3 is 1. The van der Waals surface area contributed by atoms with E-state index in [0.717, 1.165) is 10.9 Å². The molecule has 1 atom stereocenters. The fourth-order valence-electron chi connectivity index (χ4n) is 1.57. The second-order valence-electron chi connectivity index (χ2n) is 5.48. The molecule has 1 rings (SSSR count). The van der Waals surface area contributed by atoms with E-state index in [4.69, 9.17) is 9.84 Å². The second-order valence-corrected chi connectivity index (χ2v) is 5.48.